The Labute approximate surface area is 125 Å². The van der Waals surface area contributed by atoms with Gasteiger partial charge in [0.1, 0.15) is 5.56 Å². The van der Waals surface area contributed by atoms with Gasteiger partial charge in [-0.05, 0) is 56.1 Å². The van der Waals surface area contributed by atoms with E-state index in [-0.39, 0.29) is 11.1 Å². The summed E-state index contributed by atoms with van der Waals surface area (Å²) >= 11 is 0. The van der Waals surface area contributed by atoms with E-state index in [1.807, 2.05) is 4.57 Å². The summed E-state index contributed by atoms with van der Waals surface area (Å²) in [5, 5.41) is 0. The number of fused-ring (bicyclic) bond motifs is 1. The summed E-state index contributed by atoms with van der Waals surface area (Å²) in [6.07, 6.45) is 10.4. The molecule has 1 heterocycles. The van der Waals surface area contributed by atoms with Crippen LogP contribution in [0, 0.1) is 5.92 Å². The van der Waals surface area contributed by atoms with Crippen molar-refractivity contribution in [3.63, 3.8) is 0 Å². The SMILES string of the molecule is NC(=O)c1cc2c(n(CC3CCCCC3)c1=O)CCCC2. The zero-order valence-electron chi connectivity index (χ0n) is 12.6. The van der Waals surface area contributed by atoms with Crippen LogP contribution in [0.15, 0.2) is 10.9 Å². The Hall–Kier alpha value is -1.58. The second kappa shape index (κ2) is 6.04. The zero-order valence-corrected chi connectivity index (χ0v) is 12.6. The van der Waals surface area contributed by atoms with E-state index in [2.05, 4.69) is 0 Å². The maximum atomic E-state index is 12.6. The third-order valence-electron chi connectivity index (χ3n) is 5.03. The van der Waals surface area contributed by atoms with Crippen molar-refractivity contribution in [2.45, 2.75) is 64.3 Å². The number of carbonyl (C=O) groups excluding carboxylic acids is 1. The van der Waals surface area contributed by atoms with Crippen LogP contribution in [0.4, 0.5) is 0 Å². The lowest BCUT2D eigenvalue weighted by Gasteiger charge is -2.27. The number of primary amides is 1. The molecular weight excluding hydrogens is 264 g/mol. The summed E-state index contributed by atoms with van der Waals surface area (Å²) in [6.45, 7) is 0.766. The first-order valence-electron chi connectivity index (χ1n) is 8.22. The second-order valence-electron chi connectivity index (χ2n) is 6.52. The minimum Gasteiger partial charge on any atom is -0.365 e. The predicted octanol–water partition coefficient (Wildman–Crippen LogP) is 2.41. The Morgan fingerprint density at radius 1 is 1.14 bits per heavy atom. The van der Waals surface area contributed by atoms with Crippen LogP contribution in [0.3, 0.4) is 0 Å². The molecule has 0 spiro atoms. The van der Waals surface area contributed by atoms with E-state index in [1.165, 1.54) is 32.1 Å². The van der Waals surface area contributed by atoms with Gasteiger partial charge < -0.3 is 10.3 Å². The first kappa shape index (κ1) is 14.4. The van der Waals surface area contributed by atoms with Crippen molar-refractivity contribution in [3.05, 3.63) is 33.2 Å². The van der Waals surface area contributed by atoms with E-state index in [0.717, 1.165) is 43.5 Å². The molecule has 2 aliphatic rings. The number of nitrogens with two attached hydrogens (primary N) is 1. The van der Waals surface area contributed by atoms with Gasteiger partial charge in [0.05, 0.1) is 0 Å². The van der Waals surface area contributed by atoms with Crippen LogP contribution in [0.5, 0.6) is 0 Å². The van der Waals surface area contributed by atoms with Gasteiger partial charge in [0.15, 0.2) is 0 Å². The monoisotopic (exact) mass is 288 g/mol. The van der Waals surface area contributed by atoms with Gasteiger partial charge in [-0.25, -0.2) is 0 Å². The number of aromatic nitrogens is 1. The molecule has 0 saturated heterocycles. The molecule has 2 aliphatic carbocycles. The quantitative estimate of drug-likeness (QED) is 0.928. The molecule has 114 valence electrons. The summed E-state index contributed by atoms with van der Waals surface area (Å²) < 4.78 is 1.88. The van der Waals surface area contributed by atoms with E-state index in [9.17, 15) is 9.59 Å². The number of nitrogens with zero attached hydrogens (tertiary/aromatic N) is 1. The maximum absolute atomic E-state index is 12.6. The molecule has 0 aromatic carbocycles. The molecule has 4 heteroatoms. The third kappa shape index (κ3) is 2.89. The van der Waals surface area contributed by atoms with Crippen LogP contribution in [0.25, 0.3) is 0 Å². The molecule has 1 saturated carbocycles. The van der Waals surface area contributed by atoms with Gasteiger partial charge in [-0.2, -0.15) is 0 Å². The number of hydrogen-bond donors (Lipinski definition) is 1. The Morgan fingerprint density at radius 3 is 2.57 bits per heavy atom. The van der Waals surface area contributed by atoms with Crippen molar-refractivity contribution < 1.29 is 4.79 Å². The molecule has 0 aliphatic heterocycles. The normalized spacial score (nSPS) is 19.2. The molecular formula is C17H24N2O2. The first-order valence-corrected chi connectivity index (χ1v) is 8.22. The van der Waals surface area contributed by atoms with Crippen molar-refractivity contribution >= 4 is 5.91 Å². The minimum absolute atomic E-state index is 0.172. The molecule has 4 nitrogen and oxygen atoms in total. The Balaban J connectivity index is 2.01. The Kier molecular flexibility index (Phi) is 4.13. The maximum Gasteiger partial charge on any atom is 0.263 e. The average molecular weight is 288 g/mol. The van der Waals surface area contributed by atoms with Crippen LogP contribution < -0.4 is 11.3 Å². The molecule has 0 unspecified atom stereocenters. The molecule has 2 N–H and O–H groups in total. The van der Waals surface area contributed by atoms with Crippen molar-refractivity contribution in [1.29, 1.82) is 0 Å². The van der Waals surface area contributed by atoms with Crippen molar-refractivity contribution in [2.75, 3.05) is 0 Å². The van der Waals surface area contributed by atoms with Crippen LogP contribution in [0.1, 0.15) is 66.6 Å². The topological polar surface area (TPSA) is 65.1 Å². The number of aryl methyl sites for hydroxylation is 1. The van der Waals surface area contributed by atoms with Crippen LogP contribution in [0.2, 0.25) is 0 Å². The lowest BCUT2D eigenvalue weighted by atomic mass is 9.88. The first-order chi connectivity index (χ1) is 10.2. The van der Waals surface area contributed by atoms with Gasteiger partial charge in [-0.15, -0.1) is 0 Å². The highest BCUT2D eigenvalue weighted by Gasteiger charge is 2.22. The highest BCUT2D eigenvalue weighted by atomic mass is 16.2. The van der Waals surface area contributed by atoms with Crippen LogP contribution >= 0.6 is 0 Å². The van der Waals surface area contributed by atoms with Gasteiger partial charge in [0.2, 0.25) is 0 Å². The lowest BCUT2D eigenvalue weighted by Crippen LogP contribution is -2.35. The van der Waals surface area contributed by atoms with Gasteiger partial charge in [0.25, 0.3) is 11.5 Å². The fourth-order valence-corrected chi connectivity index (χ4v) is 3.88. The van der Waals surface area contributed by atoms with Crippen LogP contribution in [-0.2, 0) is 19.4 Å². The molecule has 1 fully saturated rings. The third-order valence-corrected chi connectivity index (χ3v) is 5.03. The largest absolute Gasteiger partial charge is 0.365 e. The smallest absolute Gasteiger partial charge is 0.263 e. The van der Waals surface area contributed by atoms with Gasteiger partial charge in [-0.1, -0.05) is 19.3 Å². The summed E-state index contributed by atoms with van der Waals surface area (Å²) in [6, 6.07) is 1.75. The van der Waals surface area contributed by atoms with Crippen molar-refractivity contribution in [3.8, 4) is 0 Å². The minimum atomic E-state index is -0.592. The van der Waals surface area contributed by atoms with Gasteiger partial charge >= 0.3 is 0 Å². The molecule has 21 heavy (non-hydrogen) atoms. The fourth-order valence-electron chi connectivity index (χ4n) is 3.88. The zero-order chi connectivity index (χ0) is 14.8. The second-order valence-corrected chi connectivity index (χ2v) is 6.52. The van der Waals surface area contributed by atoms with E-state index >= 15 is 0 Å². The Morgan fingerprint density at radius 2 is 1.86 bits per heavy atom. The van der Waals surface area contributed by atoms with Crippen LogP contribution in [-0.4, -0.2) is 10.5 Å². The lowest BCUT2D eigenvalue weighted by molar-refractivity contribution is 0.0997. The molecule has 1 aromatic rings. The number of pyridine rings is 1. The molecule has 3 rings (SSSR count). The van der Waals surface area contributed by atoms with Crippen molar-refractivity contribution in [2.24, 2.45) is 11.7 Å². The number of amides is 1. The van der Waals surface area contributed by atoms with Gasteiger partial charge in [-0.3, -0.25) is 9.59 Å². The summed E-state index contributed by atoms with van der Waals surface area (Å²) in [4.78, 5) is 24.2. The summed E-state index contributed by atoms with van der Waals surface area (Å²) in [7, 11) is 0. The number of carbonyl (C=O) groups is 1. The fraction of sp³-hybridized carbons (Fsp3) is 0.647. The van der Waals surface area contributed by atoms with Crippen molar-refractivity contribution in [1.82, 2.24) is 4.57 Å². The predicted molar refractivity (Wildman–Crippen MR) is 82.4 cm³/mol. The summed E-state index contributed by atoms with van der Waals surface area (Å²) in [5.74, 6) is -0.0172. The summed E-state index contributed by atoms with van der Waals surface area (Å²) in [5.41, 5.74) is 7.71. The molecule has 0 radical (unpaired) electrons. The molecule has 0 bridgehead atoms. The molecule has 1 aromatic heterocycles. The van der Waals surface area contributed by atoms with E-state index in [1.54, 1.807) is 6.07 Å². The number of rotatable bonds is 3. The van der Waals surface area contributed by atoms with E-state index < -0.39 is 5.91 Å². The molecule has 1 amide bonds. The number of hydrogen-bond acceptors (Lipinski definition) is 2. The van der Waals surface area contributed by atoms with E-state index in [0.29, 0.717) is 5.92 Å². The highest BCUT2D eigenvalue weighted by Crippen LogP contribution is 2.27. The standard InChI is InChI=1S/C17H24N2O2/c18-16(20)14-10-13-8-4-5-9-15(13)19(17(14)21)11-12-6-2-1-3-7-12/h10,12H,1-9,11H2,(H2,18,20). The average Bonchev–Trinajstić information content (AvgIpc) is 2.50. The van der Waals surface area contributed by atoms with E-state index in [4.69, 9.17) is 5.73 Å². The van der Waals surface area contributed by atoms with Gasteiger partial charge in [0, 0.05) is 12.2 Å². The Bertz CT molecular complexity index is 598. The molecule has 0 atom stereocenters. The highest BCUT2D eigenvalue weighted by molar-refractivity contribution is 5.92.